The highest BCUT2D eigenvalue weighted by Gasteiger charge is 2.22. The number of hydrogen-bond acceptors (Lipinski definition) is 10. The summed E-state index contributed by atoms with van der Waals surface area (Å²) in [5.74, 6) is -1.68. The molecule has 0 spiro atoms. The third-order valence-electron chi connectivity index (χ3n) is 3.81. The lowest BCUT2D eigenvalue weighted by Crippen LogP contribution is -2.17. The fourth-order valence-electron chi connectivity index (χ4n) is 2.65. The SMILES string of the molecule is O=c1cc(O)c2cccc(OS(=O)(=O)Oc3cccc4c(O)cc(=O)oc34)c2o1. The van der Waals surface area contributed by atoms with Gasteiger partial charge < -0.3 is 27.4 Å². The molecule has 148 valence electrons. The summed E-state index contributed by atoms with van der Waals surface area (Å²) in [6, 6.07) is 9.50. The molecule has 4 aromatic rings. The first kappa shape index (κ1) is 18.4. The van der Waals surface area contributed by atoms with Gasteiger partial charge in [-0.25, -0.2) is 9.59 Å². The molecule has 0 aliphatic heterocycles. The van der Waals surface area contributed by atoms with Crippen molar-refractivity contribution in [2.75, 3.05) is 0 Å². The molecule has 11 heteroatoms. The van der Waals surface area contributed by atoms with Crippen molar-refractivity contribution in [3.05, 3.63) is 69.4 Å². The zero-order chi connectivity index (χ0) is 20.8. The van der Waals surface area contributed by atoms with Crippen molar-refractivity contribution in [2.24, 2.45) is 0 Å². The molecule has 0 amide bonds. The van der Waals surface area contributed by atoms with Crippen molar-refractivity contribution < 1.29 is 35.8 Å². The first-order chi connectivity index (χ1) is 13.7. The van der Waals surface area contributed by atoms with Gasteiger partial charge in [-0.15, -0.1) is 8.42 Å². The predicted molar refractivity (Wildman–Crippen MR) is 98.5 cm³/mol. The zero-order valence-corrected chi connectivity index (χ0v) is 15.0. The van der Waals surface area contributed by atoms with Gasteiger partial charge >= 0.3 is 21.7 Å². The van der Waals surface area contributed by atoms with Crippen molar-refractivity contribution in [1.82, 2.24) is 0 Å². The number of rotatable bonds is 4. The summed E-state index contributed by atoms with van der Waals surface area (Å²) >= 11 is 0. The Morgan fingerprint density at radius 1 is 0.724 bits per heavy atom. The highest BCUT2D eigenvalue weighted by atomic mass is 32.3. The summed E-state index contributed by atoms with van der Waals surface area (Å²) < 4.78 is 44.3. The smallest absolute Gasteiger partial charge is 0.501 e. The highest BCUT2D eigenvalue weighted by Crippen LogP contribution is 2.33. The van der Waals surface area contributed by atoms with Gasteiger partial charge in [0.1, 0.15) is 11.5 Å². The second kappa shape index (κ2) is 6.56. The maximum absolute atomic E-state index is 12.4. The third kappa shape index (κ3) is 3.46. The van der Waals surface area contributed by atoms with Crippen LogP contribution in [0.25, 0.3) is 21.9 Å². The molecule has 0 fully saturated rings. The van der Waals surface area contributed by atoms with E-state index in [0.717, 1.165) is 12.1 Å². The number of aromatic hydroxyl groups is 2. The average Bonchev–Trinajstić information content (AvgIpc) is 2.62. The van der Waals surface area contributed by atoms with E-state index in [1.54, 1.807) is 0 Å². The van der Waals surface area contributed by atoms with E-state index < -0.39 is 44.6 Å². The maximum Gasteiger partial charge on any atom is 0.501 e. The average molecular weight is 418 g/mol. The first-order valence-electron chi connectivity index (χ1n) is 7.89. The molecular weight excluding hydrogens is 408 g/mol. The van der Waals surface area contributed by atoms with E-state index in [4.69, 9.17) is 17.2 Å². The molecule has 2 heterocycles. The van der Waals surface area contributed by atoms with Gasteiger partial charge in [-0.3, -0.25) is 0 Å². The van der Waals surface area contributed by atoms with Gasteiger partial charge in [0, 0.05) is 0 Å². The Bertz CT molecular complexity index is 1370. The highest BCUT2D eigenvalue weighted by molar-refractivity contribution is 7.82. The molecule has 0 aliphatic carbocycles. The van der Waals surface area contributed by atoms with Gasteiger partial charge in [-0.1, -0.05) is 12.1 Å². The molecule has 10 nitrogen and oxygen atoms in total. The normalized spacial score (nSPS) is 11.6. The Kier molecular flexibility index (Phi) is 4.16. The van der Waals surface area contributed by atoms with Gasteiger partial charge in [0.15, 0.2) is 22.7 Å². The largest absolute Gasteiger partial charge is 0.507 e. The monoisotopic (exact) mass is 418 g/mol. The second-order valence-corrected chi connectivity index (χ2v) is 6.89. The molecule has 0 atom stereocenters. The Morgan fingerprint density at radius 3 is 1.55 bits per heavy atom. The lowest BCUT2D eigenvalue weighted by atomic mass is 10.2. The van der Waals surface area contributed by atoms with E-state index in [1.807, 2.05) is 0 Å². The van der Waals surface area contributed by atoms with Crippen LogP contribution in [-0.4, -0.2) is 18.6 Å². The number of para-hydroxylation sites is 2. The van der Waals surface area contributed by atoms with Crippen LogP contribution in [0.15, 0.2) is 67.0 Å². The fraction of sp³-hybridized carbons (Fsp3) is 0. The second-order valence-electron chi connectivity index (χ2n) is 5.74. The van der Waals surface area contributed by atoms with Crippen LogP contribution in [0.2, 0.25) is 0 Å². The quantitative estimate of drug-likeness (QED) is 0.470. The first-order valence-corrected chi connectivity index (χ1v) is 9.22. The van der Waals surface area contributed by atoms with E-state index in [1.165, 1.54) is 36.4 Å². The van der Waals surface area contributed by atoms with Crippen LogP contribution in [0.1, 0.15) is 0 Å². The summed E-state index contributed by atoms with van der Waals surface area (Å²) in [5, 5.41) is 19.7. The van der Waals surface area contributed by atoms with Gasteiger partial charge in [0.2, 0.25) is 0 Å². The van der Waals surface area contributed by atoms with Gasteiger partial charge in [0.05, 0.1) is 22.9 Å². The van der Waals surface area contributed by atoms with Crippen LogP contribution < -0.4 is 19.6 Å². The van der Waals surface area contributed by atoms with Gasteiger partial charge in [-0.05, 0) is 24.3 Å². The molecule has 2 aromatic carbocycles. The minimum Gasteiger partial charge on any atom is -0.507 e. The number of hydrogen-bond donors (Lipinski definition) is 2. The minimum absolute atomic E-state index is 0.0402. The summed E-state index contributed by atoms with van der Waals surface area (Å²) in [6.07, 6.45) is 0. The van der Waals surface area contributed by atoms with E-state index in [2.05, 4.69) is 0 Å². The molecule has 0 saturated heterocycles. The maximum atomic E-state index is 12.4. The molecule has 2 N–H and O–H groups in total. The standard InChI is InChI=1S/C18H10O10S/c19-11-7-15(21)25-17-9(11)3-1-5-13(17)27-29(23,24)28-14-6-2-4-10-12(20)8-16(22)26-18(10)14/h1-8,19-20H. The lowest BCUT2D eigenvalue weighted by Gasteiger charge is -2.10. The van der Waals surface area contributed by atoms with E-state index in [0.29, 0.717) is 0 Å². The molecule has 4 rings (SSSR count). The molecule has 2 aromatic heterocycles. The Hall–Kier alpha value is -3.99. The van der Waals surface area contributed by atoms with Crippen LogP contribution in [0, 0.1) is 0 Å². The summed E-state index contributed by atoms with van der Waals surface area (Å²) in [4.78, 5) is 23.0. The number of benzene rings is 2. The van der Waals surface area contributed by atoms with Crippen LogP contribution >= 0.6 is 0 Å². The molecule has 0 radical (unpaired) electrons. The Balaban J connectivity index is 1.77. The Labute approximate surface area is 161 Å². The topological polar surface area (TPSA) is 153 Å². The van der Waals surface area contributed by atoms with Crippen LogP contribution in [-0.2, 0) is 10.4 Å². The van der Waals surface area contributed by atoms with Crippen molar-refractivity contribution in [1.29, 1.82) is 0 Å². The number of fused-ring (bicyclic) bond motifs is 2. The Morgan fingerprint density at radius 2 is 1.14 bits per heavy atom. The fourth-order valence-corrected chi connectivity index (χ4v) is 3.39. The van der Waals surface area contributed by atoms with Crippen LogP contribution in [0.5, 0.6) is 23.0 Å². The summed E-state index contributed by atoms with van der Waals surface area (Å²) in [7, 11) is -4.81. The molecule has 29 heavy (non-hydrogen) atoms. The zero-order valence-electron chi connectivity index (χ0n) is 14.2. The van der Waals surface area contributed by atoms with Gasteiger partial charge in [0.25, 0.3) is 0 Å². The van der Waals surface area contributed by atoms with Crippen molar-refractivity contribution in [3.63, 3.8) is 0 Å². The third-order valence-corrected chi connectivity index (χ3v) is 4.58. The van der Waals surface area contributed by atoms with E-state index >= 15 is 0 Å². The minimum atomic E-state index is -4.81. The summed E-state index contributed by atoms with van der Waals surface area (Å²) in [5.41, 5.74) is -2.47. The lowest BCUT2D eigenvalue weighted by molar-refractivity contribution is 0.386. The van der Waals surface area contributed by atoms with Crippen molar-refractivity contribution >= 4 is 32.3 Å². The molecular formula is C18H10O10S. The van der Waals surface area contributed by atoms with E-state index in [-0.39, 0.29) is 21.9 Å². The molecule has 0 saturated carbocycles. The molecule has 0 unspecified atom stereocenters. The van der Waals surface area contributed by atoms with Crippen LogP contribution in [0.3, 0.4) is 0 Å². The van der Waals surface area contributed by atoms with E-state index in [9.17, 15) is 28.2 Å². The molecule has 0 bridgehead atoms. The van der Waals surface area contributed by atoms with Crippen molar-refractivity contribution in [2.45, 2.75) is 0 Å². The van der Waals surface area contributed by atoms with Gasteiger partial charge in [-0.2, -0.15) is 0 Å². The summed E-state index contributed by atoms with van der Waals surface area (Å²) in [6.45, 7) is 0. The van der Waals surface area contributed by atoms with Crippen molar-refractivity contribution in [3.8, 4) is 23.0 Å². The molecule has 0 aliphatic rings. The van der Waals surface area contributed by atoms with Crippen LogP contribution in [0.4, 0.5) is 0 Å². The predicted octanol–water partition coefficient (Wildman–Crippen LogP) is 2.01.